The first-order valence-corrected chi connectivity index (χ1v) is 10.8. The van der Waals surface area contributed by atoms with Crippen molar-refractivity contribution in [2.45, 2.75) is 29.5 Å². The summed E-state index contributed by atoms with van der Waals surface area (Å²) in [6, 6.07) is 10.9. The minimum absolute atomic E-state index is 0.197. The van der Waals surface area contributed by atoms with Crippen molar-refractivity contribution in [2.24, 2.45) is 7.05 Å². The van der Waals surface area contributed by atoms with Crippen molar-refractivity contribution in [3.63, 3.8) is 0 Å². The lowest BCUT2D eigenvalue weighted by Gasteiger charge is -2.33. The molecule has 1 fully saturated rings. The van der Waals surface area contributed by atoms with Crippen LogP contribution >= 0.6 is 11.3 Å². The molecule has 8 heteroatoms. The van der Waals surface area contributed by atoms with Crippen LogP contribution in [0.3, 0.4) is 0 Å². The van der Waals surface area contributed by atoms with Crippen LogP contribution in [-0.2, 0) is 17.1 Å². The molecule has 0 spiro atoms. The standard InChI is InChI=1S/C18H20N4O2S2/c1-21-16(10-12-20-21)17-8-9-18(25-17)26(23,24)22-13-5-3-7-15(22)14-6-2-4-11-19-14/h2,4,6,8-12,15H,3,5,7,13H2,1H3. The van der Waals surface area contributed by atoms with E-state index >= 15 is 0 Å². The van der Waals surface area contributed by atoms with Crippen LogP contribution in [-0.4, -0.2) is 34.0 Å². The molecule has 3 aromatic heterocycles. The highest BCUT2D eigenvalue weighted by molar-refractivity contribution is 7.91. The molecule has 6 nitrogen and oxygen atoms in total. The van der Waals surface area contributed by atoms with E-state index in [1.165, 1.54) is 11.3 Å². The lowest BCUT2D eigenvalue weighted by atomic mass is 10.0. The van der Waals surface area contributed by atoms with Crippen LogP contribution in [0, 0.1) is 0 Å². The van der Waals surface area contributed by atoms with Crippen molar-refractivity contribution < 1.29 is 8.42 Å². The quantitative estimate of drug-likeness (QED) is 0.686. The summed E-state index contributed by atoms with van der Waals surface area (Å²) in [5.74, 6) is 0. The molecule has 0 aliphatic carbocycles. The van der Waals surface area contributed by atoms with E-state index < -0.39 is 10.0 Å². The van der Waals surface area contributed by atoms with Crippen molar-refractivity contribution in [3.8, 4) is 10.6 Å². The van der Waals surface area contributed by atoms with Gasteiger partial charge in [-0.2, -0.15) is 9.40 Å². The Labute approximate surface area is 157 Å². The van der Waals surface area contributed by atoms with Gasteiger partial charge in [-0.1, -0.05) is 12.5 Å². The van der Waals surface area contributed by atoms with Gasteiger partial charge >= 0.3 is 0 Å². The fourth-order valence-electron chi connectivity index (χ4n) is 3.39. The van der Waals surface area contributed by atoms with Crippen LogP contribution in [0.25, 0.3) is 10.6 Å². The van der Waals surface area contributed by atoms with E-state index in [-0.39, 0.29) is 6.04 Å². The third-order valence-corrected chi connectivity index (χ3v) is 8.18. The molecular weight excluding hydrogens is 368 g/mol. The maximum absolute atomic E-state index is 13.3. The van der Waals surface area contributed by atoms with Gasteiger partial charge in [-0.15, -0.1) is 11.3 Å². The van der Waals surface area contributed by atoms with Crippen LogP contribution in [0.1, 0.15) is 31.0 Å². The number of rotatable bonds is 4. The molecule has 3 aromatic rings. The summed E-state index contributed by atoms with van der Waals surface area (Å²) in [5, 5.41) is 4.16. The van der Waals surface area contributed by atoms with Crippen molar-refractivity contribution >= 4 is 21.4 Å². The van der Waals surface area contributed by atoms with Gasteiger partial charge in [0.1, 0.15) is 4.21 Å². The largest absolute Gasteiger partial charge is 0.267 e. The fourth-order valence-corrected chi connectivity index (χ4v) is 6.55. The van der Waals surface area contributed by atoms with Gasteiger partial charge in [0.05, 0.1) is 22.3 Å². The molecule has 1 aliphatic heterocycles. The molecule has 1 atom stereocenters. The van der Waals surface area contributed by atoms with E-state index in [4.69, 9.17) is 0 Å². The van der Waals surface area contributed by atoms with E-state index in [2.05, 4.69) is 10.1 Å². The summed E-state index contributed by atoms with van der Waals surface area (Å²) in [7, 11) is -1.71. The molecule has 0 N–H and O–H groups in total. The Kier molecular flexibility index (Phi) is 4.64. The van der Waals surface area contributed by atoms with Crippen molar-refractivity contribution in [3.05, 3.63) is 54.5 Å². The summed E-state index contributed by atoms with van der Waals surface area (Å²) >= 11 is 1.29. The number of hydrogen-bond donors (Lipinski definition) is 0. The van der Waals surface area contributed by atoms with Crippen LogP contribution < -0.4 is 0 Å². The lowest BCUT2D eigenvalue weighted by Crippen LogP contribution is -2.38. The Balaban J connectivity index is 1.69. The number of piperidine rings is 1. The second-order valence-electron chi connectivity index (χ2n) is 6.34. The molecule has 26 heavy (non-hydrogen) atoms. The number of hydrogen-bond acceptors (Lipinski definition) is 5. The zero-order valence-electron chi connectivity index (χ0n) is 14.4. The average Bonchev–Trinajstić information content (AvgIpc) is 3.31. The number of aryl methyl sites for hydroxylation is 1. The number of nitrogens with zero attached hydrogens (tertiary/aromatic N) is 4. The van der Waals surface area contributed by atoms with Crippen LogP contribution in [0.5, 0.6) is 0 Å². The molecule has 0 aromatic carbocycles. The van der Waals surface area contributed by atoms with Gasteiger partial charge in [-0.25, -0.2) is 8.42 Å². The third kappa shape index (κ3) is 3.08. The number of pyridine rings is 1. The highest BCUT2D eigenvalue weighted by Crippen LogP contribution is 2.38. The zero-order chi connectivity index (χ0) is 18.1. The molecule has 1 unspecified atom stereocenters. The second-order valence-corrected chi connectivity index (χ2v) is 9.54. The minimum Gasteiger partial charge on any atom is -0.267 e. The smallest absolute Gasteiger partial charge is 0.253 e. The molecular formula is C18H20N4O2S2. The first-order chi connectivity index (χ1) is 12.6. The summed E-state index contributed by atoms with van der Waals surface area (Å²) in [4.78, 5) is 5.30. The molecule has 1 aliphatic rings. The molecule has 4 heterocycles. The van der Waals surface area contributed by atoms with Crippen molar-refractivity contribution in [1.82, 2.24) is 19.1 Å². The van der Waals surface area contributed by atoms with Crippen molar-refractivity contribution in [1.29, 1.82) is 0 Å². The SMILES string of the molecule is Cn1nccc1-c1ccc(S(=O)(=O)N2CCCCC2c2ccccn2)s1. The summed E-state index contributed by atoms with van der Waals surface area (Å²) in [5.41, 5.74) is 1.73. The molecule has 4 rings (SSSR count). The van der Waals surface area contributed by atoms with Gasteiger partial charge in [-0.3, -0.25) is 9.67 Å². The highest BCUT2D eigenvalue weighted by atomic mass is 32.2. The molecule has 0 radical (unpaired) electrons. The maximum Gasteiger partial charge on any atom is 0.253 e. The Morgan fingerprint density at radius 3 is 2.73 bits per heavy atom. The van der Waals surface area contributed by atoms with Gasteiger partial charge in [0.25, 0.3) is 10.0 Å². The Morgan fingerprint density at radius 2 is 2.00 bits per heavy atom. The van der Waals surface area contributed by atoms with Gasteiger partial charge in [0.2, 0.25) is 0 Å². The Bertz CT molecular complexity index is 995. The van der Waals surface area contributed by atoms with Gasteiger partial charge in [0.15, 0.2) is 0 Å². The molecule has 1 saturated heterocycles. The summed E-state index contributed by atoms with van der Waals surface area (Å²) in [6.45, 7) is 0.530. The molecule has 136 valence electrons. The Hall–Kier alpha value is -2.03. The van der Waals surface area contributed by atoms with Gasteiger partial charge < -0.3 is 0 Å². The first-order valence-electron chi connectivity index (χ1n) is 8.58. The van der Waals surface area contributed by atoms with Crippen LogP contribution in [0.2, 0.25) is 0 Å². The van der Waals surface area contributed by atoms with E-state index in [9.17, 15) is 8.42 Å². The second kappa shape index (κ2) is 6.94. The predicted octanol–water partition coefficient (Wildman–Crippen LogP) is 3.46. The summed E-state index contributed by atoms with van der Waals surface area (Å²) in [6.07, 6.45) is 6.13. The average molecular weight is 389 g/mol. The van der Waals surface area contributed by atoms with E-state index in [1.54, 1.807) is 27.4 Å². The first kappa shape index (κ1) is 17.4. The normalized spacial score (nSPS) is 18.9. The van der Waals surface area contributed by atoms with E-state index in [0.717, 1.165) is 35.5 Å². The molecule has 0 bridgehead atoms. The summed E-state index contributed by atoms with van der Waals surface area (Å²) < 4.78 is 30.4. The minimum atomic E-state index is -3.56. The van der Waals surface area contributed by atoms with Crippen LogP contribution in [0.15, 0.2) is 53.0 Å². The molecule has 0 saturated carbocycles. The zero-order valence-corrected chi connectivity index (χ0v) is 16.1. The predicted molar refractivity (Wildman–Crippen MR) is 101 cm³/mol. The highest BCUT2D eigenvalue weighted by Gasteiger charge is 2.36. The van der Waals surface area contributed by atoms with Gasteiger partial charge in [0, 0.05) is 26.0 Å². The number of aromatic nitrogens is 3. The Morgan fingerprint density at radius 1 is 1.12 bits per heavy atom. The van der Waals surface area contributed by atoms with Crippen LogP contribution in [0.4, 0.5) is 0 Å². The van der Waals surface area contributed by atoms with Crippen molar-refractivity contribution in [2.75, 3.05) is 6.54 Å². The number of sulfonamides is 1. The van der Waals surface area contributed by atoms with E-state index in [0.29, 0.717) is 10.8 Å². The third-order valence-electron chi connectivity index (χ3n) is 4.70. The number of thiophene rings is 1. The van der Waals surface area contributed by atoms with E-state index in [1.807, 2.05) is 37.4 Å². The monoisotopic (exact) mass is 388 g/mol. The lowest BCUT2D eigenvalue weighted by molar-refractivity contribution is 0.252. The molecule has 0 amide bonds. The van der Waals surface area contributed by atoms with Gasteiger partial charge in [-0.05, 0) is 43.2 Å². The maximum atomic E-state index is 13.3. The fraction of sp³-hybridized carbons (Fsp3) is 0.333. The topological polar surface area (TPSA) is 68.1 Å².